The minimum Gasteiger partial charge on any atom is -0.483 e. The third kappa shape index (κ3) is 5.93. The lowest BCUT2D eigenvalue weighted by Gasteiger charge is -2.22. The number of nitrogens with zero attached hydrogens (tertiary/aromatic N) is 1. The maximum Gasteiger partial charge on any atom is 0.397 e. The first-order valence-corrected chi connectivity index (χ1v) is 8.65. The lowest BCUT2D eigenvalue weighted by Crippen LogP contribution is -2.33. The van der Waals surface area contributed by atoms with Crippen molar-refractivity contribution in [3.05, 3.63) is 29.8 Å². The van der Waals surface area contributed by atoms with Crippen LogP contribution in [-0.4, -0.2) is 42.6 Å². The van der Waals surface area contributed by atoms with Crippen molar-refractivity contribution in [2.75, 3.05) is 19.7 Å². The molecule has 1 atom stereocenters. The van der Waals surface area contributed by atoms with Crippen LogP contribution in [0.15, 0.2) is 24.3 Å². The number of amides is 2. The molecule has 1 aromatic carbocycles. The molecule has 5 nitrogen and oxygen atoms in total. The van der Waals surface area contributed by atoms with Gasteiger partial charge in [0.25, 0.3) is 5.91 Å². The molecule has 1 saturated heterocycles. The smallest absolute Gasteiger partial charge is 0.397 e. The normalized spacial score (nSPS) is 15.6. The van der Waals surface area contributed by atoms with Crippen molar-refractivity contribution in [2.45, 2.75) is 44.8 Å². The summed E-state index contributed by atoms with van der Waals surface area (Å²) in [6.07, 6.45) is -3.73. The third-order valence-corrected chi connectivity index (χ3v) is 4.21. The number of hydrogen-bond donors (Lipinski definition) is 1. The van der Waals surface area contributed by atoms with E-state index in [9.17, 15) is 22.8 Å². The molecule has 26 heavy (non-hydrogen) atoms. The van der Waals surface area contributed by atoms with E-state index in [0.29, 0.717) is 17.7 Å². The van der Waals surface area contributed by atoms with Crippen LogP contribution in [0.4, 0.5) is 13.2 Å². The molecular weight excluding hydrogens is 349 g/mol. The Bertz CT molecular complexity index is 628. The minimum absolute atomic E-state index is 0.119. The Morgan fingerprint density at radius 1 is 1.23 bits per heavy atom. The molecule has 0 radical (unpaired) electrons. The predicted molar refractivity (Wildman–Crippen MR) is 89.6 cm³/mol. The first kappa shape index (κ1) is 20.1. The first-order chi connectivity index (χ1) is 12.3. The zero-order valence-electron chi connectivity index (χ0n) is 14.6. The van der Waals surface area contributed by atoms with Gasteiger partial charge in [-0.15, -0.1) is 0 Å². The van der Waals surface area contributed by atoms with Crippen LogP contribution in [0.1, 0.15) is 44.2 Å². The molecule has 8 heteroatoms. The van der Waals surface area contributed by atoms with Gasteiger partial charge in [0.2, 0.25) is 5.91 Å². The lowest BCUT2D eigenvalue weighted by molar-refractivity contribution is -0.154. The Kier molecular flexibility index (Phi) is 6.88. The van der Waals surface area contributed by atoms with E-state index in [4.69, 9.17) is 4.74 Å². The molecule has 0 aliphatic carbocycles. The quantitative estimate of drug-likeness (QED) is 0.800. The fourth-order valence-electron chi connectivity index (χ4n) is 2.92. The van der Waals surface area contributed by atoms with Crippen molar-refractivity contribution in [3.63, 3.8) is 0 Å². The van der Waals surface area contributed by atoms with Gasteiger partial charge in [0, 0.05) is 18.7 Å². The van der Waals surface area contributed by atoms with E-state index in [1.807, 2.05) is 0 Å². The predicted octanol–water partition coefficient (Wildman–Crippen LogP) is 3.21. The molecule has 1 aromatic rings. The number of para-hydroxylation sites is 1. The summed E-state index contributed by atoms with van der Waals surface area (Å²) in [5.41, 5.74) is 0.555. The van der Waals surface area contributed by atoms with Gasteiger partial charge in [0.1, 0.15) is 12.2 Å². The zero-order chi connectivity index (χ0) is 19.2. The highest BCUT2D eigenvalue weighted by Crippen LogP contribution is 2.28. The SMILES string of the molecule is CC[C@@H](NC(=O)CC(F)(F)F)c1ccccc1OCC(=O)N1CCCC1. The average Bonchev–Trinajstić information content (AvgIpc) is 3.11. The standard InChI is InChI=1S/C18H23F3N2O3/c1-2-14(22-16(24)11-18(19,20)21)13-7-3-4-8-15(13)26-12-17(25)23-9-5-6-10-23/h3-4,7-8,14H,2,5-6,9-12H2,1H3,(H,22,24)/t14-/m1/s1. The Labute approximate surface area is 150 Å². The highest BCUT2D eigenvalue weighted by atomic mass is 19.4. The molecule has 1 aliphatic heterocycles. The average molecular weight is 372 g/mol. The van der Waals surface area contributed by atoms with Gasteiger partial charge >= 0.3 is 6.18 Å². The summed E-state index contributed by atoms with van der Waals surface area (Å²) in [6.45, 7) is 3.05. The summed E-state index contributed by atoms with van der Waals surface area (Å²) in [5.74, 6) is -0.821. The summed E-state index contributed by atoms with van der Waals surface area (Å²) < 4.78 is 42.7. The fourth-order valence-corrected chi connectivity index (χ4v) is 2.92. The van der Waals surface area contributed by atoms with Gasteiger partial charge in [-0.05, 0) is 25.3 Å². The molecule has 1 N–H and O–H groups in total. The molecule has 2 amide bonds. The second-order valence-corrected chi connectivity index (χ2v) is 6.23. The largest absolute Gasteiger partial charge is 0.483 e. The summed E-state index contributed by atoms with van der Waals surface area (Å²) in [4.78, 5) is 25.5. The van der Waals surface area contributed by atoms with Crippen LogP contribution in [0.25, 0.3) is 0 Å². The molecular formula is C18H23F3N2O3. The van der Waals surface area contributed by atoms with E-state index in [1.54, 1.807) is 36.1 Å². The number of ether oxygens (including phenoxy) is 1. The topological polar surface area (TPSA) is 58.6 Å². The molecule has 0 spiro atoms. The minimum atomic E-state index is -4.56. The third-order valence-electron chi connectivity index (χ3n) is 4.21. The van der Waals surface area contributed by atoms with Gasteiger partial charge in [-0.25, -0.2) is 0 Å². The number of benzene rings is 1. The second kappa shape index (κ2) is 8.91. The van der Waals surface area contributed by atoms with E-state index in [1.165, 1.54) is 0 Å². The maximum absolute atomic E-state index is 12.4. The number of likely N-dealkylation sites (tertiary alicyclic amines) is 1. The summed E-state index contributed by atoms with van der Waals surface area (Å²) >= 11 is 0. The molecule has 0 aromatic heterocycles. The lowest BCUT2D eigenvalue weighted by atomic mass is 10.0. The first-order valence-electron chi connectivity index (χ1n) is 8.65. The molecule has 1 fully saturated rings. The van der Waals surface area contributed by atoms with E-state index in [0.717, 1.165) is 25.9 Å². The van der Waals surface area contributed by atoms with Gasteiger partial charge in [-0.2, -0.15) is 13.2 Å². The van der Waals surface area contributed by atoms with Crippen LogP contribution in [0.3, 0.4) is 0 Å². The number of carbonyl (C=O) groups excluding carboxylic acids is 2. The van der Waals surface area contributed by atoms with Crippen molar-refractivity contribution >= 4 is 11.8 Å². The van der Waals surface area contributed by atoms with Gasteiger partial charge in [0.05, 0.1) is 6.04 Å². The van der Waals surface area contributed by atoms with Crippen molar-refractivity contribution < 1.29 is 27.5 Å². The van der Waals surface area contributed by atoms with Crippen LogP contribution >= 0.6 is 0 Å². The zero-order valence-corrected chi connectivity index (χ0v) is 14.6. The highest BCUT2D eigenvalue weighted by molar-refractivity contribution is 5.78. The summed E-state index contributed by atoms with van der Waals surface area (Å²) in [6, 6.07) is 6.12. The van der Waals surface area contributed by atoms with Gasteiger partial charge in [0.15, 0.2) is 6.61 Å². The second-order valence-electron chi connectivity index (χ2n) is 6.23. The number of halogens is 3. The molecule has 0 saturated carbocycles. The molecule has 144 valence electrons. The van der Waals surface area contributed by atoms with Crippen LogP contribution in [0.2, 0.25) is 0 Å². The Hall–Kier alpha value is -2.25. The number of carbonyl (C=O) groups is 2. The van der Waals surface area contributed by atoms with Crippen molar-refractivity contribution in [1.29, 1.82) is 0 Å². The van der Waals surface area contributed by atoms with Gasteiger partial charge in [-0.3, -0.25) is 9.59 Å². The highest BCUT2D eigenvalue weighted by Gasteiger charge is 2.32. The van der Waals surface area contributed by atoms with Gasteiger partial charge < -0.3 is 15.0 Å². The van der Waals surface area contributed by atoms with E-state index in [2.05, 4.69) is 5.32 Å². The summed E-state index contributed by atoms with van der Waals surface area (Å²) in [5, 5.41) is 2.39. The Balaban J connectivity index is 2.03. The molecule has 2 rings (SSSR count). The summed E-state index contributed by atoms with van der Waals surface area (Å²) in [7, 11) is 0. The van der Waals surface area contributed by atoms with Crippen LogP contribution in [0.5, 0.6) is 5.75 Å². The van der Waals surface area contributed by atoms with Crippen LogP contribution in [-0.2, 0) is 9.59 Å². The van der Waals surface area contributed by atoms with Gasteiger partial charge in [-0.1, -0.05) is 25.1 Å². The van der Waals surface area contributed by atoms with Crippen molar-refractivity contribution in [3.8, 4) is 5.75 Å². The molecule has 1 heterocycles. The molecule has 0 bridgehead atoms. The van der Waals surface area contributed by atoms with E-state index in [-0.39, 0.29) is 12.5 Å². The fraction of sp³-hybridized carbons (Fsp3) is 0.556. The maximum atomic E-state index is 12.4. The van der Waals surface area contributed by atoms with E-state index >= 15 is 0 Å². The number of nitrogens with one attached hydrogen (secondary N) is 1. The van der Waals surface area contributed by atoms with E-state index < -0.39 is 24.5 Å². The number of alkyl halides is 3. The van der Waals surface area contributed by atoms with Crippen LogP contribution < -0.4 is 10.1 Å². The molecule has 0 unspecified atom stereocenters. The van der Waals surface area contributed by atoms with Crippen LogP contribution in [0, 0.1) is 0 Å². The monoisotopic (exact) mass is 372 g/mol. The van der Waals surface area contributed by atoms with Crippen molar-refractivity contribution in [2.24, 2.45) is 0 Å². The Morgan fingerprint density at radius 3 is 2.50 bits per heavy atom. The molecule has 1 aliphatic rings. The number of hydrogen-bond acceptors (Lipinski definition) is 3. The number of rotatable bonds is 7. The Morgan fingerprint density at radius 2 is 1.88 bits per heavy atom. The van der Waals surface area contributed by atoms with Crippen molar-refractivity contribution in [1.82, 2.24) is 10.2 Å².